The number of carbonyl (C=O) groups is 2. The molecule has 1 aromatic rings. The number of imidazole rings is 1. The zero-order chi connectivity index (χ0) is 17.6. The monoisotopic (exact) mass is 330 g/mol. The highest BCUT2D eigenvalue weighted by Crippen LogP contribution is 2.53. The van der Waals surface area contributed by atoms with E-state index >= 15 is 0 Å². The second kappa shape index (κ2) is 5.86. The van der Waals surface area contributed by atoms with E-state index in [2.05, 4.69) is 15.9 Å². The van der Waals surface area contributed by atoms with Crippen LogP contribution in [0, 0.1) is 24.2 Å². The number of hydrogen-bond acceptors (Lipinski definition) is 3. The van der Waals surface area contributed by atoms with Crippen molar-refractivity contribution in [3.8, 4) is 12.3 Å². The van der Waals surface area contributed by atoms with Crippen molar-refractivity contribution in [2.75, 3.05) is 7.05 Å². The molecule has 0 radical (unpaired) electrons. The molecule has 7 nitrogen and oxygen atoms in total. The van der Waals surface area contributed by atoms with Crippen LogP contribution in [0.3, 0.4) is 0 Å². The van der Waals surface area contributed by atoms with Gasteiger partial charge in [-0.2, -0.15) is 0 Å². The third-order valence-electron chi connectivity index (χ3n) is 5.02. The highest BCUT2D eigenvalue weighted by atomic mass is 16.4. The van der Waals surface area contributed by atoms with Crippen molar-refractivity contribution in [2.45, 2.75) is 44.8 Å². The minimum atomic E-state index is -1.10. The lowest BCUT2D eigenvalue weighted by Crippen LogP contribution is -2.52. The summed E-state index contributed by atoms with van der Waals surface area (Å²) in [6.07, 6.45) is 7.75. The first-order chi connectivity index (χ1) is 11.3. The standard InChI is InChI=1S/C17H22N4O3/c1-5-11-8-18-15(19-11)13-7-10-6-12(10)21(13)16(22)14(9(2)3)20(4)17(23)24/h1,8-10,12-14H,6-7H2,2-4H3,(H,18,19)(H,23,24)/t10-,12-,13+,14+/m1/s1. The Hall–Kier alpha value is -2.49. The Morgan fingerprint density at radius 2 is 2.21 bits per heavy atom. The molecule has 1 aliphatic carbocycles. The molecule has 2 N–H and O–H groups in total. The van der Waals surface area contributed by atoms with Gasteiger partial charge in [0.05, 0.1) is 6.04 Å². The van der Waals surface area contributed by atoms with Crippen molar-refractivity contribution in [2.24, 2.45) is 11.8 Å². The Labute approximate surface area is 141 Å². The lowest BCUT2D eigenvalue weighted by molar-refractivity contribution is -0.139. The van der Waals surface area contributed by atoms with Crippen molar-refractivity contribution in [3.63, 3.8) is 0 Å². The first-order valence-corrected chi connectivity index (χ1v) is 8.15. The van der Waals surface area contributed by atoms with Gasteiger partial charge in [-0.3, -0.25) is 9.69 Å². The van der Waals surface area contributed by atoms with Gasteiger partial charge in [0.15, 0.2) is 0 Å². The SMILES string of the molecule is C#Cc1c[nH]c([C@@H]2C[C@H]3C[C@H]3N2C(=O)[C@H](C(C)C)N(C)C(=O)O)n1. The van der Waals surface area contributed by atoms with Gasteiger partial charge in [-0.05, 0) is 30.6 Å². The number of rotatable bonds is 4. The number of nitrogens with zero attached hydrogens (tertiary/aromatic N) is 3. The number of fused-ring (bicyclic) bond motifs is 1. The van der Waals surface area contributed by atoms with Gasteiger partial charge >= 0.3 is 6.09 Å². The van der Waals surface area contributed by atoms with Gasteiger partial charge in [0.2, 0.25) is 5.91 Å². The molecule has 24 heavy (non-hydrogen) atoms. The van der Waals surface area contributed by atoms with E-state index in [-0.39, 0.29) is 23.9 Å². The van der Waals surface area contributed by atoms with Crippen LogP contribution in [0.15, 0.2) is 6.20 Å². The number of carbonyl (C=O) groups excluding carboxylic acids is 1. The number of carboxylic acid groups (broad SMARTS) is 1. The van der Waals surface area contributed by atoms with Gasteiger partial charge in [-0.1, -0.05) is 13.8 Å². The number of hydrogen-bond donors (Lipinski definition) is 2. The summed E-state index contributed by atoms with van der Waals surface area (Å²) in [7, 11) is 1.45. The topological polar surface area (TPSA) is 89.5 Å². The smallest absolute Gasteiger partial charge is 0.407 e. The molecule has 1 saturated carbocycles. The molecule has 0 spiro atoms. The number of amides is 2. The van der Waals surface area contributed by atoms with E-state index in [9.17, 15) is 14.7 Å². The summed E-state index contributed by atoms with van der Waals surface area (Å²) in [5, 5.41) is 9.30. The van der Waals surface area contributed by atoms with E-state index in [1.807, 2.05) is 18.7 Å². The van der Waals surface area contributed by atoms with Crippen LogP contribution < -0.4 is 0 Å². The summed E-state index contributed by atoms with van der Waals surface area (Å²) >= 11 is 0. The van der Waals surface area contributed by atoms with Crippen molar-refractivity contribution in [1.82, 2.24) is 19.8 Å². The Morgan fingerprint density at radius 3 is 2.75 bits per heavy atom. The van der Waals surface area contributed by atoms with E-state index in [1.54, 1.807) is 6.20 Å². The van der Waals surface area contributed by atoms with E-state index in [4.69, 9.17) is 6.42 Å². The predicted molar refractivity (Wildman–Crippen MR) is 87.0 cm³/mol. The maximum atomic E-state index is 13.2. The summed E-state index contributed by atoms with van der Waals surface area (Å²) in [6.45, 7) is 3.72. The van der Waals surface area contributed by atoms with Gasteiger partial charge in [0.25, 0.3) is 0 Å². The molecule has 2 heterocycles. The molecule has 4 atom stereocenters. The maximum Gasteiger partial charge on any atom is 0.407 e. The van der Waals surface area contributed by atoms with Crippen LogP contribution in [0.5, 0.6) is 0 Å². The Morgan fingerprint density at radius 1 is 1.50 bits per heavy atom. The summed E-state index contributed by atoms with van der Waals surface area (Å²) in [5.74, 6) is 3.37. The van der Waals surface area contributed by atoms with Crippen LogP contribution in [0.25, 0.3) is 0 Å². The molecule has 2 aliphatic rings. The molecular formula is C17H22N4O3. The van der Waals surface area contributed by atoms with Gasteiger partial charge < -0.3 is 15.0 Å². The van der Waals surface area contributed by atoms with Crippen molar-refractivity contribution < 1.29 is 14.7 Å². The third kappa shape index (κ3) is 2.62. The maximum absolute atomic E-state index is 13.2. The molecule has 3 rings (SSSR count). The van der Waals surface area contributed by atoms with Crippen LogP contribution in [0.2, 0.25) is 0 Å². The van der Waals surface area contributed by atoms with E-state index in [0.29, 0.717) is 17.4 Å². The van der Waals surface area contributed by atoms with Crippen LogP contribution in [-0.2, 0) is 4.79 Å². The molecule has 1 aromatic heterocycles. The summed E-state index contributed by atoms with van der Waals surface area (Å²) in [4.78, 5) is 34.9. The molecule has 1 aliphatic heterocycles. The highest BCUT2D eigenvalue weighted by Gasteiger charge is 2.56. The predicted octanol–water partition coefficient (Wildman–Crippen LogP) is 1.69. The fourth-order valence-electron chi connectivity index (χ4n) is 3.77. The summed E-state index contributed by atoms with van der Waals surface area (Å²) in [5.41, 5.74) is 0.515. The van der Waals surface area contributed by atoms with Gasteiger partial charge in [-0.25, -0.2) is 9.78 Å². The van der Waals surface area contributed by atoms with Crippen LogP contribution in [-0.4, -0.2) is 56.0 Å². The largest absolute Gasteiger partial charge is 0.465 e. The fraction of sp³-hybridized carbons (Fsp3) is 0.588. The quantitative estimate of drug-likeness (QED) is 0.822. The van der Waals surface area contributed by atoms with E-state index in [0.717, 1.165) is 17.7 Å². The summed E-state index contributed by atoms with van der Waals surface area (Å²) in [6, 6.07) is -0.677. The number of H-pyrrole nitrogens is 1. The lowest BCUT2D eigenvalue weighted by Gasteiger charge is -2.35. The minimum absolute atomic E-state index is 0.116. The zero-order valence-corrected chi connectivity index (χ0v) is 14.1. The van der Waals surface area contributed by atoms with Crippen molar-refractivity contribution in [3.05, 3.63) is 17.7 Å². The molecule has 1 saturated heterocycles. The molecule has 0 bridgehead atoms. The average Bonchev–Trinajstić information content (AvgIpc) is 2.99. The van der Waals surface area contributed by atoms with Crippen molar-refractivity contribution >= 4 is 12.0 Å². The van der Waals surface area contributed by atoms with E-state index in [1.165, 1.54) is 7.05 Å². The highest BCUT2D eigenvalue weighted by molar-refractivity contribution is 5.86. The molecule has 7 heteroatoms. The molecule has 128 valence electrons. The molecule has 0 unspecified atom stereocenters. The Kier molecular flexibility index (Phi) is 3.99. The summed E-state index contributed by atoms with van der Waals surface area (Å²) < 4.78 is 0. The number of piperidine rings is 1. The van der Waals surface area contributed by atoms with Gasteiger partial charge in [0.1, 0.15) is 17.6 Å². The first kappa shape index (κ1) is 16.4. The molecule has 2 amide bonds. The number of likely N-dealkylation sites (N-methyl/N-ethyl adjacent to an activating group) is 1. The Balaban J connectivity index is 1.88. The van der Waals surface area contributed by atoms with Crippen LogP contribution in [0.4, 0.5) is 4.79 Å². The number of aromatic nitrogens is 2. The zero-order valence-electron chi connectivity index (χ0n) is 14.1. The number of terminal acetylenes is 1. The van der Waals surface area contributed by atoms with Crippen LogP contribution in [0.1, 0.15) is 44.2 Å². The van der Waals surface area contributed by atoms with Crippen LogP contribution >= 0.6 is 0 Å². The molecule has 2 fully saturated rings. The normalized spacial score (nSPS) is 26.0. The number of nitrogens with one attached hydrogen (secondary N) is 1. The number of aromatic amines is 1. The average molecular weight is 330 g/mol. The molecule has 0 aromatic carbocycles. The lowest BCUT2D eigenvalue weighted by atomic mass is 10.0. The number of likely N-dealkylation sites (tertiary alicyclic amines) is 1. The third-order valence-corrected chi connectivity index (χ3v) is 5.02. The van der Waals surface area contributed by atoms with Crippen molar-refractivity contribution in [1.29, 1.82) is 0 Å². The van der Waals surface area contributed by atoms with Gasteiger partial charge in [0, 0.05) is 19.3 Å². The van der Waals surface area contributed by atoms with E-state index < -0.39 is 12.1 Å². The Bertz CT molecular complexity index is 705. The fourth-order valence-corrected chi connectivity index (χ4v) is 3.77. The second-order valence-corrected chi connectivity index (χ2v) is 6.96. The minimum Gasteiger partial charge on any atom is -0.465 e. The first-order valence-electron chi connectivity index (χ1n) is 8.15. The van der Waals surface area contributed by atoms with Gasteiger partial charge in [-0.15, -0.1) is 6.42 Å². The molecular weight excluding hydrogens is 308 g/mol. The second-order valence-electron chi connectivity index (χ2n) is 6.96.